The van der Waals surface area contributed by atoms with Gasteiger partial charge in [-0.2, -0.15) is 0 Å². The van der Waals surface area contributed by atoms with Gasteiger partial charge in [-0.05, 0) is 57.6 Å². The minimum absolute atomic E-state index is 0.137. The summed E-state index contributed by atoms with van der Waals surface area (Å²) in [4.78, 5) is 22.6. The Morgan fingerprint density at radius 3 is 2.42 bits per heavy atom. The van der Waals surface area contributed by atoms with Crippen molar-refractivity contribution in [2.24, 2.45) is 19.3 Å². The van der Waals surface area contributed by atoms with Gasteiger partial charge < -0.3 is 19.1 Å². The molecule has 0 aliphatic rings. The number of oxime groups is 1. The highest BCUT2D eigenvalue weighted by molar-refractivity contribution is 6.30. The first kappa shape index (κ1) is 28.2. The van der Waals surface area contributed by atoms with Crippen LogP contribution in [0.4, 0.5) is 0 Å². The van der Waals surface area contributed by atoms with Gasteiger partial charge in [-0.3, -0.25) is 4.79 Å². The largest absolute Gasteiger partial charge is 0.391 e. The van der Waals surface area contributed by atoms with E-state index in [9.17, 15) is 9.90 Å². The maximum Gasteiger partial charge on any atom is 0.251 e. The van der Waals surface area contributed by atoms with Gasteiger partial charge in [0.15, 0.2) is 5.60 Å². The summed E-state index contributed by atoms with van der Waals surface area (Å²) in [5.74, 6) is 0. The molecule has 1 unspecified atom stereocenters. The third-order valence-electron chi connectivity index (χ3n) is 7.67. The van der Waals surface area contributed by atoms with Crippen LogP contribution >= 0.6 is 11.6 Å². The molecule has 214 valence electrons. The van der Waals surface area contributed by atoms with E-state index in [-0.39, 0.29) is 5.56 Å². The van der Waals surface area contributed by atoms with Crippen LogP contribution in [0.2, 0.25) is 5.02 Å². The number of aromatic nitrogens is 3. The summed E-state index contributed by atoms with van der Waals surface area (Å²) in [5.41, 5.74) is 4.30. The van der Waals surface area contributed by atoms with Crippen molar-refractivity contribution in [1.29, 1.82) is 0 Å². The van der Waals surface area contributed by atoms with E-state index in [1.807, 2.05) is 98.0 Å². The molecule has 8 heteroatoms. The number of pyridine rings is 1. The van der Waals surface area contributed by atoms with Gasteiger partial charge in [-0.15, -0.1) is 0 Å². The highest BCUT2D eigenvalue weighted by Crippen LogP contribution is 2.39. The standard InChI is InChI=1S/C35H29ClN4O3/c1-39-23-37-21-33(39)35(42,27-13-11-24(12-14-27)20-38-43-22-25-7-4-3-5-8-25)28-15-16-32-31(18-28)30(19-34(41)40(32)2)26-9-6-10-29(36)17-26/h3-21,23,42H,22H2,1-2H3. The van der Waals surface area contributed by atoms with Crippen molar-refractivity contribution in [1.82, 2.24) is 14.1 Å². The molecule has 0 bridgehead atoms. The fourth-order valence-electron chi connectivity index (χ4n) is 5.34. The van der Waals surface area contributed by atoms with E-state index in [0.29, 0.717) is 28.5 Å². The molecule has 0 spiro atoms. The van der Waals surface area contributed by atoms with Crippen LogP contribution in [0.25, 0.3) is 22.0 Å². The number of fused-ring (bicyclic) bond motifs is 1. The van der Waals surface area contributed by atoms with Gasteiger partial charge in [0.1, 0.15) is 6.61 Å². The molecular formula is C35H29ClN4O3. The Bertz CT molecular complexity index is 2000. The summed E-state index contributed by atoms with van der Waals surface area (Å²) in [7, 11) is 3.59. The number of halogens is 1. The summed E-state index contributed by atoms with van der Waals surface area (Å²) >= 11 is 6.32. The van der Waals surface area contributed by atoms with Crippen molar-refractivity contribution in [2.45, 2.75) is 12.2 Å². The zero-order chi connectivity index (χ0) is 30.0. The van der Waals surface area contributed by atoms with Crippen LogP contribution in [-0.4, -0.2) is 25.4 Å². The Labute approximate surface area is 253 Å². The van der Waals surface area contributed by atoms with E-state index >= 15 is 0 Å². The SMILES string of the molecule is Cn1cncc1C(O)(c1ccc(C=NOCc2ccccc2)cc1)c1ccc2c(c1)c(-c1cccc(Cl)c1)cc(=O)n2C. The smallest absolute Gasteiger partial charge is 0.251 e. The van der Waals surface area contributed by atoms with Gasteiger partial charge in [0, 0.05) is 30.6 Å². The Kier molecular flexibility index (Phi) is 7.67. The maximum absolute atomic E-state index is 12.9. The molecule has 0 fully saturated rings. The minimum atomic E-state index is -1.56. The molecule has 6 aromatic rings. The number of hydrogen-bond acceptors (Lipinski definition) is 5. The monoisotopic (exact) mass is 588 g/mol. The quantitative estimate of drug-likeness (QED) is 0.164. The van der Waals surface area contributed by atoms with E-state index in [4.69, 9.17) is 16.4 Å². The van der Waals surface area contributed by atoms with Gasteiger partial charge in [-0.25, -0.2) is 4.98 Å². The van der Waals surface area contributed by atoms with Gasteiger partial charge >= 0.3 is 0 Å². The molecule has 0 amide bonds. The molecule has 0 saturated carbocycles. The lowest BCUT2D eigenvalue weighted by Gasteiger charge is -2.30. The highest BCUT2D eigenvalue weighted by atomic mass is 35.5. The van der Waals surface area contributed by atoms with Crippen molar-refractivity contribution < 1.29 is 9.94 Å². The molecule has 0 aliphatic heterocycles. The second-order valence-corrected chi connectivity index (χ2v) is 10.8. The van der Waals surface area contributed by atoms with E-state index in [2.05, 4.69) is 10.1 Å². The predicted octanol–water partition coefficient (Wildman–Crippen LogP) is 6.43. The number of aliphatic hydroxyl groups is 1. The van der Waals surface area contributed by atoms with E-state index in [1.165, 1.54) is 0 Å². The topological polar surface area (TPSA) is 81.6 Å². The second kappa shape index (κ2) is 11.7. The first-order valence-corrected chi connectivity index (χ1v) is 14.1. The van der Waals surface area contributed by atoms with E-state index < -0.39 is 5.60 Å². The van der Waals surface area contributed by atoms with Crippen LogP contribution in [0.5, 0.6) is 0 Å². The lowest BCUT2D eigenvalue weighted by atomic mass is 9.82. The molecular weight excluding hydrogens is 560 g/mol. The zero-order valence-corrected chi connectivity index (χ0v) is 24.4. The lowest BCUT2D eigenvalue weighted by Crippen LogP contribution is -2.31. The average Bonchev–Trinajstić information content (AvgIpc) is 3.47. The Morgan fingerprint density at radius 1 is 0.930 bits per heavy atom. The number of hydrogen-bond donors (Lipinski definition) is 1. The number of rotatable bonds is 8. The summed E-state index contributed by atoms with van der Waals surface area (Å²) in [6.45, 7) is 0.375. The van der Waals surface area contributed by atoms with Crippen LogP contribution in [0.15, 0.2) is 126 Å². The Hall–Kier alpha value is -4.98. The second-order valence-electron chi connectivity index (χ2n) is 10.4. The molecule has 6 rings (SSSR count). The first-order valence-electron chi connectivity index (χ1n) is 13.7. The Balaban J connectivity index is 1.42. The van der Waals surface area contributed by atoms with Crippen molar-refractivity contribution >= 4 is 28.7 Å². The fraction of sp³-hybridized carbons (Fsp3) is 0.114. The van der Waals surface area contributed by atoms with Crippen molar-refractivity contribution in [3.05, 3.63) is 159 Å². The number of aryl methyl sites for hydroxylation is 2. The molecule has 1 atom stereocenters. The minimum Gasteiger partial charge on any atom is -0.391 e. The summed E-state index contributed by atoms with van der Waals surface area (Å²) in [5, 5.41) is 18.1. The number of nitrogens with zero attached hydrogens (tertiary/aromatic N) is 4. The maximum atomic E-state index is 12.9. The molecule has 0 saturated heterocycles. The molecule has 4 aromatic carbocycles. The third kappa shape index (κ3) is 5.48. The van der Waals surface area contributed by atoms with Crippen molar-refractivity contribution in [3.63, 3.8) is 0 Å². The molecule has 43 heavy (non-hydrogen) atoms. The normalized spacial score (nSPS) is 12.9. The van der Waals surface area contributed by atoms with E-state index in [1.54, 1.807) is 47.1 Å². The van der Waals surface area contributed by atoms with Crippen molar-refractivity contribution in [3.8, 4) is 11.1 Å². The molecule has 1 N–H and O–H groups in total. The van der Waals surface area contributed by atoms with Crippen LogP contribution in [0.3, 0.4) is 0 Å². The summed E-state index contributed by atoms with van der Waals surface area (Å²) in [6.07, 6.45) is 4.97. The van der Waals surface area contributed by atoms with Crippen LogP contribution < -0.4 is 5.56 Å². The third-order valence-corrected chi connectivity index (χ3v) is 7.90. The summed E-state index contributed by atoms with van der Waals surface area (Å²) < 4.78 is 3.40. The molecule has 2 heterocycles. The van der Waals surface area contributed by atoms with Crippen LogP contribution in [0, 0.1) is 0 Å². The summed E-state index contributed by atoms with van der Waals surface area (Å²) in [6, 6.07) is 32.0. The predicted molar refractivity (Wildman–Crippen MR) is 170 cm³/mol. The van der Waals surface area contributed by atoms with Crippen molar-refractivity contribution in [2.75, 3.05) is 0 Å². The molecule has 0 aliphatic carbocycles. The lowest BCUT2D eigenvalue weighted by molar-refractivity contribution is 0.117. The fourth-order valence-corrected chi connectivity index (χ4v) is 5.53. The van der Waals surface area contributed by atoms with E-state index in [0.717, 1.165) is 33.2 Å². The molecule has 0 radical (unpaired) electrons. The molecule has 2 aromatic heterocycles. The van der Waals surface area contributed by atoms with Gasteiger partial charge in [-0.1, -0.05) is 89.6 Å². The first-order chi connectivity index (χ1) is 20.8. The number of imidazole rings is 1. The highest BCUT2D eigenvalue weighted by Gasteiger charge is 2.37. The Morgan fingerprint density at radius 2 is 1.70 bits per heavy atom. The zero-order valence-electron chi connectivity index (χ0n) is 23.7. The van der Waals surface area contributed by atoms with Gasteiger partial charge in [0.2, 0.25) is 0 Å². The van der Waals surface area contributed by atoms with Gasteiger partial charge in [0.25, 0.3) is 5.56 Å². The van der Waals surface area contributed by atoms with Crippen LogP contribution in [0.1, 0.15) is 27.9 Å². The average molecular weight is 589 g/mol. The van der Waals surface area contributed by atoms with Gasteiger partial charge in [0.05, 0.1) is 29.9 Å². The molecule has 7 nitrogen and oxygen atoms in total. The van der Waals surface area contributed by atoms with Crippen LogP contribution in [-0.2, 0) is 31.1 Å². The number of benzene rings is 4.